The highest BCUT2D eigenvalue weighted by Crippen LogP contribution is 2.25. The summed E-state index contributed by atoms with van der Waals surface area (Å²) in [6, 6.07) is 12.0. The predicted octanol–water partition coefficient (Wildman–Crippen LogP) is 4.11. The molecule has 2 aromatic rings. The van der Waals surface area contributed by atoms with Gasteiger partial charge in [-0.15, -0.1) is 0 Å². The quantitative estimate of drug-likeness (QED) is 0.507. The maximum atomic E-state index is 13.7. The van der Waals surface area contributed by atoms with Crippen LogP contribution < -0.4 is 9.62 Å². The van der Waals surface area contributed by atoms with Gasteiger partial charge in [0.25, 0.3) is 0 Å². The van der Waals surface area contributed by atoms with Gasteiger partial charge in [-0.05, 0) is 43.0 Å². The number of carbonyl (C=O) groups excluding carboxylic acids is 2. The molecule has 0 aliphatic heterocycles. The summed E-state index contributed by atoms with van der Waals surface area (Å²) in [6.07, 6.45) is 5.24. The highest BCUT2D eigenvalue weighted by molar-refractivity contribution is 7.92. The lowest BCUT2D eigenvalue weighted by Gasteiger charge is -2.33. The highest BCUT2D eigenvalue weighted by Gasteiger charge is 2.33. The minimum Gasteiger partial charge on any atom is -0.352 e. The molecule has 2 amide bonds. The molecule has 1 fully saturated rings. The maximum Gasteiger partial charge on any atom is 0.244 e. The van der Waals surface area contributed by atoms with Crippen LogP contribution in [0.4, 0.5) is 10.1 Å². The fourth-order valence-corrected chi connectivity index (χ4v) is 5.34. The maximum absolute atomic E-state index is 13.7. The van der Waals surface area contributed by atoms with Crippen molar-refractivity contribution in [3.63, 3.8) is 0 Å². The average molecular weight is 524 g/mol. The number of hydrogen-bond donors (Lipinski definition) is 1. The zero-order chi connectivity index (χ0) is 25.6. The molecule has 0 radical (unpaired) electrons. The van der Waals surface area contributed by atoms with Crippen molar-refractivity contribution in [2.24, 2.45) is 0 Å². The van der Waals surface area contributed by atoms with Gasteiger partial charge in [0.15, 0.2) is 0 Å². The second-order valence-electron chi connectivity index (χ2n) is 8.79. The van der Waals surface area contributed by atoms with E-state index >= 15 is 0 Å². The Morgan fingerprint density at radius 3 is 2.37 bits per heavy atom. The number of nitrogens with zero attached hydrogens (tertiary/aromatic N) is 2. The number of hydrogen-bond acceptors (Lipinski definition) is 4. The second kappa shape index (κ2) is 11.9. The van der Waals surface area contributed by atoms with Gasteiger partial charge < -0.3 is 10.2 Å². The fourth-order valence-electron chi connectivity index (χ4n) is 4.32. The summed E-state index contributed by atoms with van der Waals surface area (Å²) < 4.78 is 39.7. The Kier molecular flexibility index (Phi) is 9.13. The number of benzene rings is 2. The second-order valence-corrected chi connectivity index (χ2v) is 11.1. The number of amides is 2. The molecule has 1 aliphatic rings. The third-order valence-corrected chi connectivity index (χ3v) is 7.58. The third-order valence-electron chi connectivity index (χ3n) is 6.15. The molecule has 190 valence electrons. The first-order valence-electron chi connectivity index (χ1n) is 11.7. The lowest BCUT2D eigenvalue weighted by atomic mass is 10.1. The van der Waals surface area contributed by atoms with Crippen molar-refractivity contribution in [2.75, 3.05) is 17.1 Å². The summed E-state index contributed by atoms with van der Waals surface area (Å²) >= 11 is 5.87. The van der Waals surface area contributed by atoms with E-state index in [2.05, 4.69) is 5.32 Å². The fraction of sp³-hybridized carbons (Fsp3) is 0.440. The van der Waals surface area contributed by atoms with E-state index in [9.17, 15) is 22.4 Å². The van der Waals surface area contributed by atoms with Crippen LogP contribution in [0.2, 0.25) is 5.02 Å². The lowest BCUT2D eigenvalue weighted by Crippen LogP contribution is -2.53. The molecular weight excluding hydrogens is 493 g/mol. The highest BCUT2D eigenvalue weighted by atomic mass is 35.5. The monoisotopic (exact) mass is 523 g/mol. The van der Waals surface area contributed by atoms with Crippen molar-refractivity contribution in [3.05, 3.63) is 64.9 Å². The van der Waals surface area contributed by atoms with E-state index in [4.69, 9.17) is 11.6 Å². The van der Waals surface area contributed by atoms with Gasteiger partial charge in [0.1, 0.15) is 18.4 Å². The van der Waals surface area contributed by atoms with Crippen LogP contribution in [0.3, 0.4) is 0 Å². The van der Waals surface area contributed by atoms with Crippen LogP contribution in [0, 0.1) is 5.82 Å². The van der Waals surface area contributed by atoms with E-state index in [0.717, 1.165) is 53.9 Å². The van der Waals surface area contributed by atoms with Gasteiger partial charge in [-0.25, -0.2) is 12.8 Å². The lowest BCUT2D eigenvalue weighted by molar-refractivity contribution is -0.140. The van der Waals surface area contributed by atoms with Crippen molar-refractivity contribution in [1.29, 1.82) is 0 Å². The normalized spacial score (nSPS) is 15.0. The van der Waals surface area contributed by atoms with Crippen LogP contribution in [0.5, 0.6) is 0 Å². The summed E-state index contributed by atoms with van der Waals surface area (Å²) in [5.41, 5.74) is 0.874. The number of anilines is 1. The molecule has 3 rings (SSSR count). The first kappa shape index (κ1) is 26.9. The number of carbonyl (C=O) groups is 2. The van der Waals surface area contributed by atoms with Gasteiger partial charge in [-0.1, -0.05) is 61.7 Å². The summed E-state index contributed by atoms with van der Waals surface area (Å²) in [5.74, 6) is -1.50. The third kappa shape index (κ3) is 7.18. The minimum absolute atomic E-state index is 0.0652. The molecule has 2 aromatic carbocycles. The van der Waals surface area contributed by atoms with E-state index in [-0.39, 0.29) is 29.2 Å². The van der Waals surface area contributed by atoms with Gasteiger partial charge in [0.05, 0.1) is 17.0 Å². The number of sulfonamides is 1. The predicted molar refractivity (Wildman–Crippen MR) is 135 cm³/mol. The molecule has 35 heavy (non-hydrogen) atoms. The molecule has 0 spiro atoms. The number of nitrogens with one attached hydrogen (secondary N) is 1. The molecular formula is C25H31ClFN3O4S. The van der Waals surface area contributed by atoms with Crippen molar-refractivity contribution < 1.29 is 22.4 Å². The minimum atomic E-state index is -3.92. The van der Waals surface area contributed by atoms with Gasteiger partial charge in [-0.2, -0.15) is 0 Å². The summed E-state index contributed by atoms with van der Waals surface area (Å²) in [5, 5.41) is 2.80. The largest absolute Gasteiger partial charge is 0.352 e. The van der Waals surface area contributed by atoms with Crippen molar-refractivity contribution in [3.8, 4) is 0 Å². The van der Waals surface area contributed by atoms with Crippen molar-refractivity contribution >= 4 is 39.1 Å². The van der Waals surface area contributed by atoms with Crippen LogP contribution in [0.15, 0.2) is 48.5 Å². The molecule has 7 nitrogen and oxygen atoms in total. The molecule has 10 heteroatoms. The molecule has 1 atom stereocenters. The Labute approximate surface area is 211 Å². The van der Waals surface area contributed by atoms with Gasteiger partial charge >= 0.3 is 0 Å². The molecule has 1 unspecified atom stereocenters. The topological polar surface area (TPSA) is 86.8 Å². The Morgan fingerprint density at radius 2 is 1.80 bits per heavy atom. The van der Waals surface area contributed by atoms with E-state index in [1.54, 1.807) is 0 Å². The Hall–Kier alpha value is -2.65. The molecule has 0 heterocycles. The van der Waals surface area contributed by atoms with Crippen LogP contribution in [-0.2, 0) is 26.2 Å². The first-order valence-corrected chi connectivity index (χ1v) is 13.9. The van der Waals surface area contributed by atoms with E-state index in [1.807, 2.05) is 37.3 Å². The summed E-state index contributed by atoms with van der Waals surface area (Å²) in [6.45, 7) is 1.40. The first-order chi connectivity index (χ1) is 16.6. The van der Waals surface area contributed by atoms with Crippen LogP contribution >= 0.6 is 11.6 Å². The van der Waals surface area contributed by atoms with Gasteiger partial charge in [-0.3, -0.25) is 13.9 Å². The molecule has 0 bridgehead atoms. The SMILES string of the molecule is CCC(C(=O)NC1CCCC1)N(Cc1ccccc1)C(=O)CN(c1ccc(F)c(Cl)c1)S(C)(=O)=O. The number of halogens is 2. The van der Waals surface area contributed by atoms with E-state index in [0.29, 0.717) is 6.42 Å². The Bertz CT molecular complexity index is 1140. The molecule has 0 saturated heterocycles. The van der Waals surface area contributed by atoms with Crippen LogP contribution in [-0.4, -0.2) is 50.0 Å². The van der Waals surface area contributed by atoms with Gasteiger partial charge in [0.2, 0.25) is 21.8 Å². The van der Waals surface area contributed by atoms with Crippen LogP contribution in [0.25, 0.3) is 0 Å². The molecule has 1 N–H and O–H groups in total. The smallest absolute Gasteiger partial charge is 0.244 e. The average Bonchev–Trinajstić information content (AvgIpc) is 3.32. The standard InChI is InChI=1S/C25H31ClFN3O4S/c1-3-23(25(32)28-19-11-7-8-12-19)29(16-18-9-5-4-6-10-18)24(31)17-30(35(2,33)34)20-13-14-22(27)21(26)15-20/h4-6,9-10,13-15,19,23H,3,7-8,11-12,16-17H2,1-2H3,(H,28,32). The van der Waals surface area contributed by atoms with Crippen LogP contribution in [0.1, 0.15) is 44.6 Å². The Balaban J connectivity index is 1.91. The Morgan fingerprint density at radius 1 is 1.14 bits per heavy atom. The van der Waals surface area contributed by atoms with E-state index < -0.39 is 34.3 Å². The number of rotatable bonds is 10. The summed E-state index contributed by atoms with van der Waals surface area (Å²) in [7, 11) is -3.92. The zero-order valence-electron chi connectivity index (χ0n) is 19.9. The van der Waals surface area contributed by atoms with Gasteiger partial charge in [0, 0.05) is 12.6 Å². The molecule has 1 saturated carbocycles. The summed E-state index contributed by atoms with van der Waals surface area (Å²) in [4.78, 5) is 28.2. The van der Waals surface area contributed by atoms with Crippen molar-refractivity contribution in [1.82, 2.24) is 10.2 Å². The molecule has 1 aliphatic carbocycles. The van der Waals surface area contributed by atoms with E-state index in [1.165, 1.54) is 11.0 Å². The zero-order valence-corrected chi connectivity index (χ0v) is 21.5. The van der Waals surface area contributed by atoms with Crippen molar-refractivity contribution in [2.45, 2.75) is 57.7 Å². The molecule has 0 aromatic heterocycles.